The fourth-order valence-corrected chi connectivity index (χ4v) is 1.57. The summed E-state index contributed by atoms with van der Waals surface area (Å²) in [5, 5.41) is 18.3. The Bertz CT molecular complexity index is 513. The molecule has 3 heteroatoms. The van der Waals surface area contributed by atoms with E-state index in [0.717, 1.165) is 17.4 Å². The van der Waals surface area contributed by atoms with E-state index >= 15 is 0 Å². The van der Waals surface area contributed by atoms with Gasteiger partial charge in [-0.1, -0.05) is 6.07 Å². The molecule has 0 aliphatic heterocycles. The van der Waals surface area contributed by atoms with Gasteiger partial charge in [0.25, 0.3) is 0 Å². The zero-order chi connectivity index (χ0) is 14.0. The monoisotopic (exact) mass is 240 g/mol. The van der Waals surface area contributed by atoms with E-state index in [-0.39, 0.29) is 0 Å². The van der Waals surface area contributed by atoms with E-state index in [1.54, 1.807) is 39.8 Å². The molecule has 0 atom stereocenters. The van der Waals surface area contributed by atoms with Crippen LogP contribution in [-0.2, 0) is 10.8 Å². The number of benzene rings is 1. The quantitative estimate of drug-likeness (QED) is 0.762. The van der Waals surface area contributed by atoms with E-state index < -0.39 is 10.8 Å². The minimum atomic E-state index is -0.681. The van der Waals surface area contributed by atoms with E-state index in [4.69, 9.17) is 10.5 Å². The molecule has 3 nitrogen and oxygen atoms in total. The second-order valence-corrected chi connectivity index (χ2v) is 5.44. The van der Waals surface area contributed by atoms with Crippen molar-refractivity contribution in [2.24, 2.45) is 0 Å². The number of carbonyl (C=O) groups is 1. The van der Waals surface area contributed by atoms with Crippen molar-refractivity contribution in [3.05, 3.63) is 34.9 Å². The summed E-state index contributed by atoms with van der Waals surface area (Å²) in [6, 6.07) is 9.65. The fourth-order valence-electron chi connectivity index (χ4n) is 1.57. The SMILES string of the molecule is CC(C)(C#N)c1cc(C=O)cc(C(C)(C)C#N)c1. The lowest BCUT2D eigenvalue weighted by atomic mass is 9.79. The summed E-state index contributed by atoms with van der Waals surface area (Å²) in [6.45, 7) is 7.17. The summed E-state index contributed by atoms with van der Waals surface area (Å²) < 4.78 is 0. The van der Waals surface area contributed by atoms with E-state index in [1.807, 2.05) is 6.07 Å². The lowest BCUT2D eigenvalue weighted by Crippen LogP contribution is -2.19. The van der Waals surface area contributed by atoms with E-state index in [0.29, 0.717) is 5.56 Å². The Morgan fingerprint density at radius 2 is 1.33 bits per heavy atom. The Labute approximate surface area is 108 Å². The minimum Gasteiger partial charge on any atom is -0.298 e. The maximum Gasteiger partial charge on any atom is 0.150 e. The number of nitrogens with zero attached hydrogens (tertiary/aromatic N) is 2. The molecule has 0 aliphatic rings. The summed E-state index contributed by atoms with van der Waals surface area (Å²) >= 11 is 0. The molecule has 1 rings (SSSR count). The molecular weight excluding hydrogens is 224 g/mol. The molecule has 0 aliphatic carbocycles. The topological polar surface area (TPSA) is 64.7 Å². The predicted octanol–water partition coefficient (Wildman–Crippen LogP) is 3.10. The average Bonchev–Trinajstić information content (AvgIpc) is 2.38. The first-order chi connectivity index (χ1) is 8.26. The molecule has 0 bridgehead atoms. The number of nitriles is 2. The van der Waals surface area contributed by atoms with Gasteiger partial charge in [0.2, 0.25) is 0 Å². The average molecular weight is 240 g/mol. The van der Waals surface area contributed by atoms with Gasteiger partial charge in [-0.2, -0.15) is 10.5 Å². The lowest BCUT2D eigenvalue weighted by molar-refractivity contribution is 0.112. The summed E-state index contributed by atoms with van der Waals surface area (Å²) in [5.74, 6) is 0. The third kappa shape index (κ3) is 2.57. The van der Waals surface area contributed by atoms with Crippen LogP contribution in [0.5, 0.6) is 0 Å². The van der Waals surface area contributed by atoms with Gasteiger partial charge in [-0.3, -0.25) is 4.79 Å². The van der Waals surface area contributed by atoms with Crippen LogP contribution < -0.4 is 0 Å². The molecular formula is C15H16N2O. The molecule has 0 unspecified atom stereocenters. The van der Waals surface area contributed by atoms with Crippen molar-refractivity contribution >= 4 is 6.29 Å². The van der Waals surface area contributed by atoms with Crippen molar-refractivity contribution in [2.75, 3.05) is 0 Å². The maximum atomic E-state index is 11.0. The Kier molecular flexibility index (Phi) is 3.58. The number of hydrogen-bond acceptors (Lipinski definition) is 3. The molecule has 18 heavy (non-hydrogen) atoms. The first-order valence-corrected chi connectivity index (χ1v) is 5.70. The lowest BCUT2D eigenvalue weighted by Gasteiger charge is -2.22. The molecule has 1 aromatic carbocycles. The maximum absolute atomic E-state index is 11.0. The molecule has 0 fully saturated rings. The van der Waals surface area contributed by atoms with Crippen LogP contribution in [0.15, 0.2) is 18.2 Å². The van der Waals surface area contributed by atoms with Gasteiger partial charge in [0.15, 0.2) is 0 Å². The molecule has 0 heterocycles. The van der Waals surface area contributed by atoms with Crippen molar-refractivity contribution in [1.82, 2.24) is 0 Å². The van der Waals surface area contributed by atoms with Gasteiger partial charge in [0, 0.05) is 5.56 Å². The molecule has 92 valence electrons. The van der Waals surface area contributed by atoms with Crippen molar-refractivity contribution in [2.45, 2.75) is 38.5 Å². The molecule has 0 spiro atoms. The van der Waals surface area contributed by atoms with Crippen LogP contribution in [0.25, 0.3) is 0 Å². The van der Waals surface area contributed by atoms with Crippen LogP contribution in [0, 0.1) is 22.7 Å². The largest absolute Gasteiger partial charge is 0.298 e. The number of aldehydes is 1. The molecule has 0 saturated carbocycles. The van der Waals surface area contributed by atoms with Crippen molar-refractivity contribution in [3.8, 4) is 12.1 Å². The first kappa shape index (κ1) is 13.9. The molecule has 0 saturated heterocycles. The van der Waals surface area contributed by atoms with Crippen LogP contribution >= 0.6 is 0 Å². The molecule has 0 aromatic heterocycles. The summed E-state index contributed by atoms with van der Waals surface area (Å²) in [7, 11) is 0. The Hall–Kier alpha value is -2.13. The number of carbonyl (C=O) groups excluding carboxylic acids is 1. The number of rotatable bonds is 3. The molecule has 0 amide bonds. The summed E-state index contributed by atoms with van der Waals surface area (Å²) in [5.41, 5.74) is 0.647. The van der Waals surface area contributed by atoms with E-state index in [2.05, 4.69) is 12.1 Å². The highest BCUT2D eigenvalue weighted by molar-refractivity contribution is 5.76. The second-order valence-electron chi connectivity index (χ2n) is 5.44. The third-order valence-electron chi connectivity index (χ3n) is 3.09. The highest BCUT2D eigenvalue weighted by Gasteiger charge is 2.25. The van der Waals surface area contributed by atoms with Crippen LogP contribution in [-0.4, -0.2) is 6.29 Å². The van der Waals surface area contributed by atoms with Gasteiger partial charge in [-0.25, -0.2) is 0 Å². The van der Waals surface area contributed by atoms with Gasteiger partial charge in [-0.15, -0.1) is 0 Å². The minimum absolute atomic E-state index is 0.495. The van der Waals surface area contributed by atoms with Crippen molar-refractivity contribution < 1.29 is 4.79 Å². The van der Waals surface area contributed by atoms with Gasteiger partial charge >= 0.3 is 0 Å². The zero-order valence-electron chi connectivity index (χ0n) is 11.1. The van der Waals surface area contributed by atoms with Crippen molar-refractivity contribution in [3.63, 3.8) is 0 Å². The van der Waals surface area contributed by atoms with Gasteiger partial charge in [-0.05, 0) is 51.0 Å². The Balaban J connectivity index is 3.52. The highest BCUT2D eigenvalue weighted by atomic mass is 16.1. The fraction of sp³-hybridized carbons (Fsp3) is 0.400. The summed E-state index contributed by atoms with van der Waals surface area (Å²) in [6.07, 6.45) is 0.744. The zero-order valence-corrected chi connectivity index (χ0v) is 11.1. The molecule has 0 N–H and O–H groups in total. The van der Waals surface area contributed by atoms with Crippen LogP contribution in [0.3, 0.4) is 0 Å². The van der Waals surface area contributed by atoms with Crippen LogP contribution in [0.1, 0.15) is 49.2 Å². The van der Waals surface area contributed by atoms with Crippen LogP contribution in [0.4, 0.5) is 0 Å². The Morgan fingerprint density at radius 1 is 0.944 bits per heavy atom. The summed E-state index contributed by atoms with van der Waals surface area (Å²) in [4.78, 5) is 11.0. The third-order valence-corrected chi connectivity index (χ3v) is 3.09. The molecule has 0 radical (unpaired) electrons. The standard InChI is InChI=1S/C15H16N2O/c1-14(2,9-16)12-5-11(8-18)6-13(7-12)15(3,4)10-17/h5-8H,1-4H3. The van der Waals surface area contributed by atoms with Crippen molar-refractivity contribution in [1.29, 1.82) is 10.5 Å². The second kappa shape index (κ2) is 4.63. The Morgan fingerprint density at radius 3 is 1.61 bits per heavy atom. The predicted molar refractivity (Wildman–Crippen MR) is 69.1 cm³/mol. The first-order valence-electron chi connectivity index (χ1n) is 5.70. The highest BCUT2D eigenvalue weighted by Crippen LogP contribution is 2.29. The van der Waals surface area contributed by atoms with Gasteiger partial charge in [0.05, 0.1) is 23.0 Å². The van der Waals surface area contributed by atoms with E-state index in [1.165, 1.54) is 0 Å². The smallest absolute Gasteiger partial charge is 0.150 e. The molecule has 1 aromatic rings. The normalized spacial score (nSPS) is 11.4. The van der Waals surface area contributed by atoms with Crippen LogP contribution in [0.2, 0.25) is 0 Å². The number of hydrogen-bond donors (Lipinski definition) is 0. The van der Waals surface area contributed by atoms with E-state index in [9.17, 15) is 4.79 Å². The van der Waals surface area contributed by atoms with Gasteiger partial charge < -0.3 is 0 Å². The van der Waals surface area contributed by atoms with Gasteiger partial charge in [0.1, 0.15) is 6.29 Å².